The molecule has 0 aliphatic rings. The molecule has 0 atom stereocenters. The number of carbonyl (C=O) groups is 1. The van der Waals surface area contributed by atoms with Gasteiger partial charge in [-0.05, 0) is 76.1 Å². The number of nitrogens with one attached hydrogen (secondary N) is 1. The summed E-state index contributed by atoms with van der Waals surface area (Å²) < 4.78 is 39.5. The van der Waals surface area contributed by atoms with Gasteiger partial charge in [-0.25, -0.2) is 19.7 Å². The molecule has 10 heteroatoms. The molecule has 0 unspecified atom stereocenters. The minimum atomic E-state index is -4.24. The van der Waals surface area contributed by atoms with E-state index in [9.17, 15) is 13.2 Å². The van der Waals surface area contributed by atoms with Gasteiger partial charge in [-0.3, -0.25) is 4.79 Å². The topological polar surface area (TPSA) is 120 Å². The molecule has 0 radical (unpaired) electrons. The van der Waals surface area contributed by atoms with Crippen LogP contribution in [0.5, 0.6) is 17.5 Å². The molecular weight excluding hydrogens is 504 g/mol. The number of aromatic nitrogens is 3. The molecule has 0 spiro atoms. The van der Waals surface area contributed by atoms with E-state index in [1.165, 1.54) is 12.1 Å². The number of nitrogens with zero attached hydrogens (tertiary/aromatic N) is 3. The molecule has 9 nitrogen and oxygen atoms in total. The Bertz CT molecular complexity index is 1600. The average Bonchev–Trinajstić information content (AvgIpc) is 2.86. The van der Waals surface area contributed by atoms with Crippen LogP contribution in [0.15, 0.2) is 65.7 Å². The highest BCUT2D eigenvalue weighted by molar-refractivity contribution is 7.90. The van der Waals surface area contributed by atoms with E-state index in [0.29, 0.717) is 35.3 Å². The first-order chi connectivity index (χ1) is 18.1. The Morgan fingerprint density at radius 1 is 0.868 bits per heavy atom. The zero-order valence-corrected chi connectivity index (χ0v) is 22.6. The van der Waals surface area contributed by atoms with E-state index >= 15 is 0 Å². The van der Waals surface area contributed by atoms with Crippen LogP contribution in [-0.4, -0.2) is 35.9 Å². The van der Waals surface area contributed by atoms with Gasteiger partial charge in [0.2, 0.25) is 11.8 Å². The molecule has 38 heavy (non-hydrogen) atoms. The van der Waals surface area contributed by atoms with E-state index in [-0.39, 0.29) is 16.5 Å². The number of carbonyl (C=O) groups excluding carboxylic acids is 1. The first-order valence-electron chi connectivity index (χ1n) is 11.9. The number of ether oxygens (including phenoxy) is 2. The third-order valence-corrected chi connectivity index (χ3v) is 6.78. The van der Waals surface area contributed by atoms with Crippen molar-refractivity contribution in [2.24, 2.45) is 0 Å². The van der Waals surface area contributed by atoms with Crippen molar-refractivity contribution >= 4 is 15.9 Å². The van der Waals surface area contributed by atoms with E-state index in [1.54, 1.807) is 43.3 Å². The van der Waals surface area contributed by atoms with Gasteiger partial charge in [-0.15, -0.1) is 0 Å². The van der Waals surface area contributed by atoms with Gasteiger partial charge in [0.1, 0.15) is 11.3 Å². The molecule has 0 fully saturated rings. The van der Waals surface area contributed by atoms with Crippen LogP contribution in [0.1, 0.15) is 39.7 Å². The third kappa shape index (κ3) is 5.97. The van der Waals surface area contributed by atoms with Gasteiger partial charge >= 0.3 is 0 Å². The zero-order valence-electron chi connectivity index (χ0n) is 21.8. The average molecular weight is 533 g/mol. The smallest absolute Gasteiger partial charge is 0.281 e. The summed E-state index contributed by atoms with van der Waals surface area (Å²) in [6.45, 7) is 9.73. The second-order valence-corrected chi connectivity index (χ2v) is 10.4. The maximum absolute atomic E-state index is 13.3. The van der Waals surface area contributed by atoms with E-state index in [0.717, 1.165) is 16.7 Å². The normalized spacial score (nSPS) is 11.2. The molecule has 3 heterocycles. The summed E-state index contributed by atoms with van der Waals surface area (Å²) >= 11 is 0. The quantitative estimate of drug-likeness (QED) is 0.333. The Balaban J connectivity index is 1.78. The zero-order chi connectivity index (χ0) is 27.4. The Morgan fingerprint density at radius 3 is 2.24 bits per heavy atom. The number of benzene rings is 1. The molecule has 0 aliphatic carbocycles. The van der Waals surface area contributed by atoms with E-state index in [2.05, 4.69) is 19.7 Å². The van der Waals surface area contributed by atoms with Gasteiger partial charge in [0, 0.05) is 11.8 Å². The van der Waals surface area contributed by atoms with Crippen molar-refractivity contribution in [1.82, 2.24) is 19.7 Å². The van der Waals surface area contributed by atoms with Gasteiger partial charge in [0.15, 0.2) is 5.03 Å². The lowest BCUT2D eigenvalue weighted by Gasteiger charge is -2.16. The fourth-order valence-electron chi connectivity index (χ4n) is 3.94. The van der Waals surface area contributed by atoms with Crippen LogP contribution in [0.25, 0.3) is 11.4 Å². The number of pyridine rings is 3. The number of rotatable bonds is 8. The number of hydrogen-bond acceptors (Lipinski definition) is 8. The van der Waals surface area contributed by atoms with Crippen molar-refractivity contribution in [2.75, 3.05) is 6.61 Å². The minimum Gasteiger partial charge on any atom is -0.478 e. The van der Waals surface area contributed by atoms with Gasteiger partial charge in [-0.1, -0.05) is 29.8 Å². The van der Waals surface area contributed by atoms with Crippen molar-refractivity contribution in [3.05, 3.63) is 88.6 Å². The monoisotopic (exact) mass is 532 g/mol. The van der Waals surface area contributed by atoms with Crippen LogP contribution >= 0.6 is 0 Å². The second kappa shape index (κ2) is 11.0. The molecule has 3 aromatic heterocycles. The van der Waals surface area contributed by atoms with Crippen LogP contribution in [0.4, 0.5) is 0 Å². The summed E-state index contributed by atoms with van der Waals surface area (Å²) in [4.78, 5) is 26.3. The molecule has 196 valence electrons. The van der Waals surface area contributed by atoms with Crippen molar-refractivity contribution < 1.29 is 22.7 Å². The molecule has 1 N–H and O–H groups in total. The lowest BCUT2D eigenvalue weighted by molar-refractivity contribution is 0.0978. The Labute approximate surface area is 222 Å². The molecule has 4 aromatic rings. The Morgan fingerprint density at radius 2 is 1.55 bits per heavy atom. The molecule has 0 saturated carbocycles. The largest absolute Gasteiger partial charge is 0.478 e. The summed E-state index contributed by atoms with van der Waals surface area (Å²) in [5.41, 5.74) is 4.10. The van der Waals surface area contributed by atoms with Crippen LogP contribution in [-0.2, 0) is 10.0 Å². The lowest BCUT2D eigenvalue weighted by Crippen LogP contribution is -2.31. The maximum atomic E-state index is 13.3. The van der Waals surface area contributed by atoms with Crippen LogP contribution in [0.3, 0.4) is 0 Å². The van der Waals surface area contributed by atoms with Gasteiger partial charge in [-0.2, -0.15) is 8.42 Å². The lowest BCUT2D eigenvalue weighted by atomic mass is 10.1. The fraction of sp³-hybridized carbons (Fsp3) is 0.214. The first-order valence-corrected chi connectivity index (χ1v) is 13.4. The van der Waals surface area contributed by atoms with Gasteiger partial charge < -0.3 is 9.47 Å². The van der Waals surface area contributed by atoms with Crippen LogP contribution < -0.4 is 14.2 Å². The number of aryl methyl sites for hydroxylation is 4. The Kier molecular flexibility index (Phi) is 7.72. The number of amides is 1. The maximum Gasteiger partial charge on any atom is 0.281 e. The van der Waals surface area contributed by atoms with E-state index in [1.807, 2.05) is 39.8 Å². The van der Waals surface area contributed by atoms with Crippen molar-refractivity contribution in [1.29, 1.82) is 0 Å². The predicted octanol–water partition coefficient (Wildman–Crippen LogP) is 5.08. The predicted molar refractivity (Wildman–Crippen MR) is 143 cm³/mol. The van der Waals surface area contributed by atoms with Crippen molar-refractivity contribution in [3.63, 3.8) is 0 Å². The standard InChI is InChI=1S/C28H28N4O5S/c1-6-36-24-11-8-10-22(30-24)23-14-13-21(27(33)32-38(34,35)25-12-7-9-20(5)29-25)28(31-23)37-26-18(3)15-17(2)16-19(26)4/h7-16H,6H2,1-5H3,(H,32,33). The Hall–Kier alpha value is -4.31. The number of hydrogen-bond donors (Lipinski definition) is 1. The summed E-state index contributed by atoms with van der Waals surface area (Å²) in [6.07, 6.45) is 0. The second-order valence-electron chi connectivity index (χ2n) is 8.73. The van der Waals surface area contributed by atoms with Gasteiger partial charge in [0.25, 0.3) is 15.9 Å². The van der Waals surface area contributed by atoms with Crippen molar-refractivity contribution in [2.45, 2.75) is 39.6 Å². The molecule has 0 bridgehead atoms. The minimum absolute atomic E-state index is 0.0638. The molecule has 0 saturated heterocycles. The third-order valence-electron chi connectivity index (χ3n) is 5.55. The van der Waals surface area contributed by atoms with E-state index < -0.39 is 15.9 Å². The fourth-order valence-corrected chi connectivity index (χ4v) is 4.92. The number of sulfonamides is 1. The molecule has 1 aromatic carbocycles. The highest BCUT2D eigenvalue weighted by Crippen LogP contribution is 2.32. The summed E-state index contributed by atoms with van der Waals surface area (Å²) in [7, 11) is -4.24. The summed E-state index contributed by atoms with van der Waals surface area (Å²) in [5.74, 6) is -0.0153. The highest BCUT2D eigenvalue weighted by atomic mass is 32.2. The molecule has 4 rings (SSSR count). The van der Waals surface area contributed by atoms with E-state index in [4.69, 9.17) is 9.47 Å². The van der Waals surface area contributed by atoms with Crippen LogP contribution in [0, 0.1) is 27.7 Å². The molecule has 1 amide bonds. The first kappa shape index (κ1) is 26.7. The molecular formula is C28H28N4O5S. The summed E-state index contributed by atoms with van der Waals surface area (Å²) in [5, 5.41) is -0.264. The SMILES string of the molecule is CCOc1cccc(-c2ccc(C(=O)NS(=O)(=O)c3cccc(C)n3)c(Oc3c(C)cc(C)cc3C)n2)n1. The highest BCUT2D eigenvalue weighted by Gasteiger charge is 2.25. The van der Waals surface area contributed by atoms with Crippen molar-refractivity contribution in [3.8, 4) is 28.9 Å². The van der Waals surface area contributed by atoms with Gasteiger partial charge in [0.05, 0.1) is 18.0 Å². The van der Waals surface area contributed by atoms with Crippen LogP contribution in [0.2, 0.25) is 0 Å². The summed E-state index contributed by atoms with van der Waals surface area (Å²) in [6, 6.07) is 16.7. The molecule has 0 aliphatic heterocycles.